The Labute approximate surface area is 81.2 Å². The Hall–Kier alpha value is -0.340. The normalized spacial score (nSPS) is 31.7. The molecule has 1 rings (SSSR count). The van der Waals surface area contributed by atoms with E-state index >= 15 is 0 Å². The van der Waals surface area contributed by atoms with E-state index in [2.05, 4.69) is 25.3 Å². The second-order valence-corrected chi connectivity index (χ2v) is 4.29. The van der Waals surface area contributed by atoms with Crippen molar-refractivity contribution in [2.45, 2.75) is 44.8 Å². The molecule has 1 aliphatic heterocycles. The number of hydrogen-bond donors (Lipinski definition) is 1. The fraction of sp³-hybridized carbons (Fsp3) is 0.818. The number of nitrogens with zero attached hydrogens (tertiary/aromatic N) is 1. The van der Waals surface area contributed by atoms with Crippen molar-refractivity contribution in [2.24, 2.45) is 0 Å². The summed E-state index contributed by atoms with van der Waals surface area (Å²) in [5, 5.41) is 10.0. The third-order valence-corrected chi connectivity index (χ3v) is 3.00. The van der Waals surface area contributed by atoms with Crippen LogP contribution in [0.5, 0.6) is 0 Å². The summed E-state index contributed by atoms with van der Waals surface area (Å²) in [5.41, 5.74) is -0.607. The predicted octanol–water partition coefficient (Wildman–Crippen LogP) is 1.80. The Bertz CT molecular complexity index is 179. The van der Waals surface area contributed by atoms with Crippen LogP contribution < -0.4 is 0 Å². The molecule has 1 fully saturated rings. The maximum absolute atomic E-state index is 10.0. The lowest BCUT2D eigenvalue weighted by molar-refractivity contribution is 0.0736. The summed E-state index contributed by atoms with van der Waals surface area (Å²) in [6, 6.07) is 0.590. The monoisotopic (exact) mass is 183 g/mol. The molecular formula is C11H21NO. The molecule has 0 aromatic rings. The van der Waals surface area contributed by atoms with Crippen molar-refractivity contribution >= 4 is 0 Å². The lowest BCUT2D eigenvalue weighted by Gasteiger charge is -2.25. The molecule has 0 aromatic heterocycles. The zero-order chi connectivity index (χ0) is 9.90. The summed E-state index contributed by atoms with van der Waals surface area (Å²) in [6.07, 6.45) is 4.46. The van der Waals surface area contributed by atoms with Gasteiger partial charge in [-0.05, 0) is 39.7 Å². The molecule has 0 aliphatic carbocycles. The van der Waals surface area contributed by atoms with Crippen LogP contribution in [0, 0.1) is 0 Å². The first-order valence-corrected chi connectivity index (χ1v) is 5.17. The van der Waals surface area contributed by atoms with Crippen molar-refractivity contribution in [1.29, 1.82) is 0 Å². The van der Waals surface area contributed by atoms with Gasteiger partial charge in [0.05, 0.1) is 5.60 Å². The van der Waals surface area contributed by atoms with Gasteiger partial charge in [-0.25, -0.2) is 0 Å². The van der Waals surface area contributed by atoms with E-state index in [9.17, 15) is 5.11 Å². The molecule has 0 aromatic carbocycles. The van der Waals surface area contributed by atoms with Crippen LogP contribution >= 0.6 is 0 Å². The highest BCUT2D eigenvalue weighted by Gasteiger charge is 2.27. The summed E-state index contributed by atoms with van der Waals surface area (Å²) in [4.78, 5) is 2.42. The van der Waals surface area contributed by atoms with Crippen LogP contribution in [0.25, 0.3) is 0 Å². The van der Waals surface area contributed by atoms with Gasteiger partial charge in [0.2, 0.25) is 0 Å². The Morgan fingerprint density at radius 1 is 1.38 bits per heavy atom. The van der Waals surface area contributed by atoms with E-state index in [-0.39, 0.29) is 0 Å². The summed E-state index contributed by atoms with van der Waals surface area (Å²) in [5.74, 6) is 0. The number of aliphatic hydroxyl groups is 1. The molecule has 2 heteroatoms. The summed E-state index contributed by atoms with van der Waals surface area (Å²) in [6.45, 7) is 10.2. The van der Waals surface area contributed by atoms with Gasteiger partial charge in [-0.15, -0.1) is 6.58 Å². The van der Waals surface area contributed by atoms with E-state index in [0.717, 1.165) is 32.4 Å². The van der Waals surface area contributed by atoms with Crippen molar-refractivity contribution in [3.63, 3.8) is 0 Å². The van der Waals surface area contributed by atoms with E-state index < -0.39 is 5.60 Å². The van der Waals surface area contributed by atoms with Gasteiger partial charge in [0, 0.05) is 12.6 Å². The number of rotatable bonds is 2. The van der Waals surface area contributed by atoms with Gasteiger partial charge < -0.3 is 10.0 Å². The van der Waals surface area contributed by atoms with Gasteiger partial charge in [0.25, 0.3) is 0 Å². The van der Waals surface area contributed by atoms with Crippen molar-refractivity contribution in [3.8, 4) is 0 Å². The zero-order valence-electron chi connectivity index (χ0n) is 8.79. The molecule has 0 saturated carbocycles. The third kappa shape index (κ3) is 2.82. The van der Waals surface area contributed by atoms with Crippen LogP contribution in [0.1, 0.15) is 33.1 Å². The Morgan fingerprint density at radius 3 is 2.62 bits per heavy atom. The molecule has 2 nitrogen and oxygen atoms in total. The first kappa shape index (κ1) is 10.7. The fourth-order valence-electron chi connectivity index (χ4n) is 1.88. The Balaban J connectivity index is 2.53. The van der Waals surface area contributed by atoms with Gasteiger partial charge in [0.1, 0.15) is 0 Å². The van der Waals surface area contributed by atoms with Crippen LogP contribution in [0.4, 0.5) is 0 Å². The van der Waals surface area contributed by atoms with Crippen molar-refractivity contribution in [2.75, 3.05) is 13.1 Å². The summed E-state index contributed by atoms with van der Waals surface area (Å²) < 4.78 is 0. The van der Waals surface area contributed by atoms with Crippen LogP contribution in [-0.2, 0) is 0 Å². The molecule has 0 radical (unpaired) electrons. The first-order chi connectivity index (χ1) is 6.07. The molecule has 1 saturated heterocycles. The molecular weight excluding hydrogens is 162 g/mol. The molecule has 76 valence electrons. The molecule has 0 spiro atoms. The van der Waals surface area contributed by atoms with Crippen LogP contribution in [-0.4, -0.2) is 34.7 Å². The highest BCUT2D eigenvalue weighted by atomic mass is 16.3. The van der Waals surface area contributed by atoms with Gasteiger partial charge in [-0.1, -0.05) is 6.08 Å². The molecule has 1 unspecified atom stereocenters. The Morgan fingerprint density at radius 2 is 2.08 bits per heavy atom. The standard InChI is InChI=1S/C11H21NO/c1-4-11(13)6-5-8-12(9-7-11)10(2)3/h4,10,13H,1,5-9H2,2-3H3. The average molecular weight is 183 g/mol. The molecule has 1 atom stereocenters. The van der Waals surface area contributed by atoms with Crippen molar-refractivity contribution < 1.29 is 5.11 Å². The van der Waals surface area contributed by atoms with Gasteiger partial charge in [-0.3, -0.25) is 0 Å². The van der Waals surface area contributed by atoms with Crippen LogP contribution in [0.3, 0.4) is 0 Å². The van der Waals surface area contributed by atoms with Gasteiger partial charge in [-0.2, -0.15) is 0 Å². The maximum Gasteiger partial charge on any atom is 0.0837 e. The molecule has 13 heavy (non-hydrogen) atoms. The van der Waals surface area contributed by atoms with E-state index in [0.29, 0.717) is 6.04 Å². The van der Waals surface area contributed by atoms with E-state index in [1.54, 1.807) is 6.08 Å². The highest BCUT2D eigenvalue weighted by molar-refractivity contribution is 4.97. The number of likely N-dealkylation sites (tertiary alicyclic amines) is 1. The largest absolute Gasteiger partial charge is 0.386 e. The van der Waals surface area contributed by atoms with E-state index in [1.165, 1.54) is 0 Å². The molecule has 0 amide bonds. The molecule has 1 N–H and O–H groups in total. The van der Waals surface area contributed by atoms with E-state index in [1.807, 2.05) is 0 Å². The average Bonchev–Trinajstić information content (AvgIpc) is 2.28. The third-order valence-electron chi connectivity index (χ3n) is 3.00. The maximum atomic E-state index is 10.0. The minimum atomic E-state index is -0.607. The van der Waals surface area contributed by atoms with Gasteiger partial charge >= 0.3 is 0 Å². The lowest BCUT2D eigenvalue weighted by Crippen LogP contribution is -2.33. The smallest absolute Gasteiger partial charge is 0.0837 e. The summed E-state index contributed by atoms with van der Waals surface area (Å²) >= 11 is 0. The number of hydrogen-bond acceptors (Lipinski definition) is 2. The van der Waals surface area contributed by atoms with Crippen LogP contribution in [0.15, 0.2) is 12.7 Å². The second-order valence-electron chi connectivity index (χ2n) is 4.29. The Kier molecular flexibility index (Phi) is 3.51. The molecule has 0 bridgehead atoms. The zero-order valence-corrected chi connectivity index (χ0v) is 8.79. The first-order valence-electron chi connectivity index (χ1n) is 5.17. The quantitative estimate of drug-likeness (QED) is 0.660. The highest BCUT2D eigenvalue weighted by Crippen LogP contribution is 2.23. The second kappa shape index (κ2) is 4.25. The van der Waals surface area contributed by atoms with Crippen molar-refractivity contribution in [1.82, 2.24) is 4.90 Å². The topological polar surface area (TPSA) is 23.5 Å². The van der Waals surface area contributed by atoms with Gasteiger partial charge in [0.15, 0.2) is 0 Å². The molecule has 1 heterocycles. The minimum absolute atomic E-state index is 0.590. The van der Waals surface area contributed by atoms with Crippen LogP contribution in [0.2, 0.25) is 0 Å². The fourth-order valence-corrected chi connectivity index (χ4v) is 1.88. The summed E-state index contributed by atoms with van der Waals surface area (Å²) in [7, 11) is 0. The minimum Gasteiger partial charge on any atom is -0.386 e. The predicted molar refractivity (Wildman–Crippen MR) is 55.7 cm³/mol. The SMILES string of the molecule is C=CC1(O)CCCN(C(C)C)CC1. The lowest BCUT2D eigenvalue weighted by atomic mass is 9.95. The van der Waals surface area contributed by atoms with Crippen molar-refractivity contribution in [3.05, 3.63) is 12.7 Å². The van der Waals surface area contributed by atoms with E-state index in [4.69, 9.17) is 0 Å². The molecule has 1 aliphatic rings.